The molecule has 38 heavy (non-hydrogen) atoms. The van der Waals surface area contributed by atoms with E-state index in [0.717, 1.165) is 0 Å². The minimum atomic E-state index is -0.974. The highest BCUT2D eigenvalue weighted by molar-refractivity contribution is 6.39. The van der Waals surface area contributed by atoms with E-state index in [1.54, 1.807) is 31.3 Å². The fourth-order valence-corrected chi connectivity index (χ4v) is 2.86. The van der Waals surface area contributed by atoms with Crippen molar-refractivity contribution in [3.63, 3.8) is 0 Å². The standard InChI is InChI=1S/C25H24N6O7/c1-2-37-25(36)16-6-8-17(9-7-16)30-23(34)21(32)28-14-19-10-11-20(38-19)15-29-31-24(35)22(33)27-13-18-5-3-4-12-26-18/h3-12,15H,2,13-14H2,1H3,(H,27,33)(H,28,32)(H,30,34)(H,31,35)/b29-15+. The highest BCUT2D eigenvalue weighted by Crippen LogP contribution is 2.11. The maximum absolute atomic E-state index is 12.1. The molecule has 13 nitrogen and oxygen atoms in total. The number of amides is 4. The Kier molecular flexibility index (Phi) is 9.81. The van der Waals surface area contributed by atoms with Gasteiger partial charge in [0.15, 0.2) is 0 Å². The van der Waals surface area contributed by atoms with Gasteiger partial charge in [0, 0.05) is 11.9 Å². The van der Waals surface area contributed by atoms with E-state index in [0.29, 0.717) is 22.7 Å². The molecule has 0 aliphatic rings. The number of nitrogens with one attached hydrogen (secondary N) is 4. The van der Waals surface area contributed by atoms with Crippen LogP contribution in [0.15, 0.2) is 70.3 Å². The van der Waals surface area contributed by atoms with Gasteiger partial charge in [-0.2, -0.15) is 5.10 Å². The lowest BCUT2D eigenvalue weighted by molar-refractivity contribution is -0.139. The first-order valence-electron chi connectivity index (χ1n) is 11.3. The number of hydrogen-bond donors (Lipinski definition) is 4. The molecule has 4 amide bonds. The first-order chi connectivity index (χ1) is 18.4. The third-order valence-corrected chi connectivity index (χ3v) is 4.69. The summed E-state index contributed by atoms with van der Waals surface area (Å²) in [5.41, 5.74) is 3.30. The Hall–Kier alpha value is -5.33. The number of hydrogen-bond acceptors (Lipinski definition) is 9. The van der Waals surface area contributed by atoms with E-state index >= 15 is 0 Å². The summed E-state index contributed by atoms with van der Waals surface area (Å²) in [7, 11) is 0. The molecule has 0 aliphatic heterocycles. The minimum absolute atomic E-state index is 0.0872. The van der Waals surface area contributed by atoms with Crippen LogP contribution in [0.1, 0.15) is 34.5 Å². The highest BCUT2D eigenvalue weighted by atomic mass is 16.5. The van der Waals surface area contributed by atoms with Crippen molar-refractivity contribution < 1.29 is 33.1 Å². The molecule has 13 heteroatoms. The van der Waals surface area contributed by atoms with Gasteiger partial charge in [-0.3, -0.25) is 24.2 Å². The second-order valence-corrected chi connectivity index (χ2v) is 7.44. The Morgan fingerprint density at radius 2 is 1.63 bits per heavy atom. The van der Waals surface area contributed by atoms with Crippen LogP contribution in [-0.2, 0) is 37.0 Å². The largest absolute Gasteiger partial charge is 0.462 e. The first kappa shape index (κ1) is 27.3. The fourth-order valence-electron chi connectivity index (χ4n) is 2.86. The molecule has 0 aliphatic carbocycles. The lowest BCUT2D eigenvalue weighted by Crippen LogP contribution is -2.37. The molecule has 0 bridgehead atoms. The average Bonchev–Trinajstić information content (AvgIpc) is 3.39. The van der Waals surface area contributed by atoms with Crippen molar-refractivity contribution in [3.8, 4) is 0 Å². The van der Waals surface area contributed by atoms with Crippen molar-refractivity contribution in [1.29, 1.82) is 0 Å². The van der Waals surface area contributed by atoms with Crippen LogP contribution >= 0.6 is 0 Å². The molecular weight excluding hydrogens is 496 g/mol. The lowest BCUT2D eigenvalue weighted by Gasteiger charge is -2.06. The van der Waals surface area contributed by atoms with Crippen molar-refractivity contribution in [3.05, 3.63) is 83.6 Å². The number of pyridine rings is 1. The predicted molar refractivity (Wildman–Crippen MR) is 133 cm³/mol. The lowest BCUT2D eigenvalue weighted by atomic mass is 10.2. The highest BCUT2D eigenvalue weighted by Gasteiger charge is 2.15. The van der Waals surface area contributed by atoms with Crippen LogP contribution in [0.3, 0.4) is 0 Å². The van der Waals surface area contributed by atoms with Crippen LogP contribution < -0.4 is 21.4 Å². The van der Waals surface area contributed by atoms with Crippen molar-refractivity contribution in [2.24, 2.45) is 5.10 Å². The van der Waals surface area contributed by atoms with E-state index in [1.807, 2.05) is 0 Å². The fraction of sp³-hybridized carbons (Fsp3) is 0.160. The van der Waals surface area contributed by atoms with Crippen molar-refractivity contribution in [2.75, 3.05) is 11.9 Å². The first-order valence-corrected chi connectivity index (χ1v) is 11.3. The summed E-state index contributed by atoms with van der Waals surface area (Å²) in [5, 5.41) is 10.9. The number of nitrogens with zero attached hydrogens (tertiary/aromatic N) is 2. The Labute approximate surface area is 216 Å². The van der Waals surface area contributed by atoms with Gasteiger partial charge in [-0.25, -0.2) is 10.2 Å². The van der Waals surface area contributed by atoms with Gasteiger partial charge in [-0.1, -0.05) is 6.07 Å². The molecule has 1 aromatic carbocycles. The number of esters is 1. The summed E-state index contributed by atoms with van der Waals surface area (Å²) < 4.78 is 10.3. The number of rotatable bonds is 9. The van der Waals surface area contributed by atoms with Gasteiger partial charge in [0.05, 0.1) is 37.2 Å². The second kappa shape index (κ2) is 13.7. The van der Waals surface area contributed by atoms with Crippen LogP contribution in [0.5, 0.6) is 0 Å². The number of furan rings is 1. The molecule has 196 valence electrons. The van der Waals surface area contributed by atoms with Crippen molar-refractivity contribution >= 4 is 41.5 Å². The molecule has 2 aromatic heterocycles. The second-order valence-electron chi connectivity index (χ2n) is 7.44. The zero-order valence-corrected chi connectivity index (χ0v) is 20.2. The van der Waals surface area contributed by atoms with Gasteiger partial charge in [0.25, 0.3) is 0 Å². The molecule has 0 atom stereocenters. The van der Waals surface area contributed by atoms with Crippen molar-refractivity contribution in [2.45, 2.75) is 20.0 Å². The van der Waals surface area contributed by atoms with Crippen LogP contribution in [0.4, 0.5) is 5.69 Å². The summed E-state index contributed by atoms with van der Waals surface area (Å²) in [5.74, 6) is -3.63. The number of anilines is 1. The maximum atomic E-state index is 12.1. The molecule has 0 saturated heterocycles. The van der Waals surface area contributed by atoms with Gasteiger partial charge >= 0.3 is 29.6 Å². The van der Waals surface area contributed by atoms with E-state index in [2.05, 4.69) is 31.5 Å². The smallest absolute Gasteiger partial charge is 0.338 e. The topological polar surface area (TPSA) is 181 Å². The van der Waals surface area contributed by atoms with Crippen LogP contribution in [-0.4, -0.2) is 47.4 Å². The van der Waals surface area contributed by atoms with Gasteiger partial charge in [-0.15, -0.1) is 0 Å². The Morgan fingerprint density at radius 3 is 2.34 bits per heavy atom. The number of benzene rings is 1. The predicted octanol–water partition coefficient (Wildman–Crippen LogP) is 0.873. The number of aromatic nitrogens is 1. The Bertz CT molecular complexity index is 1320. The van der Waals surface area contributed by atoms with Crippen LogP contribution in [0, 0.1) is 0 Å². The monoisotopic (exact) mass is 520 g/mol. The molecule has 0 saturated carbocycles. The van der Waals surface area contributed by atoms with Crippen LogP contribution in [0.25, 0.3) is 0 Å². The van der Waals surface area contributed by atoms with E-state index in [1.165, 1.54) is 42.6 Å². The number of ether oxygens (including phenoxy) is 1. The Balaban J connectivity index is 1.39. The van der Waals surface area contributed by atoms with E-state index < -0.39 is 29.6 Å². The molecule has 3 aromatic rings. The minimum Gasteiger partial charge on any atom is -0.462 e. The molecule has 0 radical (unpaired) electrons. The summed E-state index contributed by atoms with van der Waals surface area (Å²) >= 11 is 0. The molecule has 0 fully saturated rings. The maximum Gasteiger partial charge on any atom is 0.338 e. The molecule has 4 N–H and O–H groups in total. The normalized spacial score (nSPS) is 10.4. The third kappa shape index (κ3) is 8.41. The van der Waals surface area contributed by atoms with Crippen molar-refractivity contribution in [1.82, 2.24) is 21.0 Å². The van der Waals surface area contributed by atoms with Gasteiger partial charge in [0.2, 0.25) is 0 Å². The molecule has 2 heterocycles. The SMILES string of the molecule is CCOC(=O)c1ccc(NC(=O)C(=O)NCc2ccc(/C=N/NC(=O)C(=O)NCc3ccccn3)o2)cc1. The molecule has 3 rings (SSSR count). The number of hydrazone groups is 1. The van der Waals surface area contributed by atoms with Gasteiger partial charge in [-0.05, 0) is 55.5 Å². The molecule has 0 unspecified atom stereocenters. The quantitative estimate of drug-likeness (QED) is 0.139. The van der Waals surface area contributed by atoms with E-state index in [4.69, 9.17) is 9.15 Å². The van der Waals surface area contributed by atoms with E-state index in [9.17, 15) is 24.0 Å². The number of carbonyl (C=O) groups is 5. The molecule has 0 spiro atoms. The summed E-state index contributed by atoms with van der Waals surface area (Å²) in [6.45, 7) is 1.93. The average molecular weight is 521 g/mol. The Morgan fingerprint density at radius 1 is 0.895 bits per heavy atom. The zero-order chi connectivity index (χ0) is 27.3. The third-order valence-electron chi connectivity index (χ3n) is 4.69. The van der Waals surface area contributed by atoms with Gasteiger partial charge in [0.1, 0.15) is 11.5 Å². The van der Waals surface area contributed by atoms with Gasteiger partial charge < -0.3 is 25.1 Å². The summed E-state index contributed by atoms with van der Waals surface area (Å²) in [6.07, 6.45) is 2.74. The summed E-state index contributed by atoms with van der Waals surface area (Å²) in [6, 6.07) is 14.1. The summed E-state index contributed by atoms with van der Waals surface area (Å²) in [4.78, 5) is 63.5. The molecular formula is C25H24N6O7. The zero-order valence-electron chi connectivity index (χ0n) is 20.2. The van der Waals surface area contributed by atoms with Crippen LogP contribution in [0.2, 0.25) is 0 Å². The number of carbonyl (C=O) groups excluding carboxylic acids is 5. The van der Waals surface area contributed by atoms with E-state index in [-0.39, 0.29) is 25.5 Å².